The lowest BCUT2D eigenvalue weighted by molar-refractivity contribution is 0.600. The summed E-state index contributed by atoms with van der Waals surface area (Å²) in [6.45, 7) is 3.38. The van der Waals surface area contributed by atoms with E-state index < -0.39 is 15.6 Å². The van der Waals surface area contributed by atoms with Crippen molar-refractivity contribution in [2.75, 3.05) is 11.3 Å². The van der Waals surface area contributed by atoms with Gasteiger partial charge in [0.05, 0.1) is 3.79 Å². The third kappa shape index (κ3) is 4.13. The fourth-order valence-corrected chi connectivity index (χ4v) is 5.16. The highest BCUT2D eigenvalue weighted by molar-refractivity contribution is 9.11. The number of sulfonamides is 1. The summed E-state index contributed by atoms with van der Waals surface area (Å²) >= 11 is 4.61. The van der Waals surface area contributed by atoms with Crippen LogP contribution < -0.4 is 15.6 Å². The Morgan fingerprint density at radius 2 is 2.19 bits per heavy atom. The second-order valence-corrected chi connectivity index (χ2v) is 8.15. The van der Waals surface area contributed by atoms with Crippen LogP contribution >= 0.6 is 27.3 Å². The molecule has 2 aromatic heterocycles. The number of H-pyrrole nitrogens is 1. The zero-order chi connectivity index (χ0) is 15.5. The maximum atomic E-state index is 12.3. The van der Waals surface area contributed by atoms with Crippen LogP contribution in [0.3, 0.4) is 0 Å². The molecule has 0 saturated heterocycles. The number of hydrogen-bond donors (Lipinski definition) is 3. The Labute approximate surface area is 134 Å². The van der Waals surface area contributed by atoms with Crippen molar-refractivity contribution in [2.24, 2.45) is 0 Å². The minimum Gasteiger partial charge on any atom is -0.312 e. The second kappa shape index (κ2) is 6.69. The van der Waals surface area contributed by atoms with Gasteiger partial charge in [0, 0.05) is 17.5 Å². The zero-order valence-corrected chi connectivity index (χ0v) is 14.2. The average molecular weight is 393 g/mol. The molecule has 0 aliphatic rings. The molecule has 0 fully saturated rings. The van der Waals surface area contributed by atoms with Crippen molar-refractivity contribution >= 4 is 43.1 Å². The number of aromatic nitrogens is 2. The largest absolute Gasteiger partial charge is 0.312 e. The summed E-state index contributed by atoms with van der Waals surface area (Å²) in [5.74, 6) is 0.0564. The molecule has 2 heterocycles. The standard InChI is InChI=1S/C11H13BrN4O3S2/c1-2-13-6-7-5-8(11(12)20-7)21(18,19)16-9-3-4-10(17)15-14-9/h3-5,13H,2,6H2,1H3,(H,14,16)(H,15,17). The molecule has 10 heteroatoms. The molecule has 0 atom stereocenters. The molecular weight excluding hydrogens is 380 g/mol. The predicted octanol–water partition coefficient (Wildman–Crippen LogP) is 1.50. The van der Waals surface area contributed by atoms with E-state index in [4.69, 9.17) is 0 Å². The van der Waals surface area contributed by atoms with E-state index in [9.17, 15) is 13.2 Å². The van der Waals surface area contributed by atoms with E-state index in [0.717, 1.165) is 11.4 Å². The van der Waals surface area contributed by atoms with Crippen LogP contribution in [0.1, 0.15) is 11.8 Å². The fourth-order valence-electron chi connectivity index (χ4n) is 1.51. The Morgan fingerprint density at radius 1 is 1.43 bits per heavy atom. The first-order valence-electron chi connectivity index (χ1n) is 6.00. The molecule has 3 N–H and O–H groups in total. The second-order valence-electron chi connectivity index (χ2n) is 4.04. The van der Waals surface area contributed by atoms with Crippen LogP contribution in [0.4, 0.5) is 5.82 Å². The smallest absolute Gasteiger partial charge is 0.265 e. The van der Waals surface area contributed by atoms with Crippen LogP contribution in [0.2, 0.25) is 0 Å². The van der Waals surface area contributed by atoms with Crippen molar-refractivity contribution in [1.82, 2.24) is 15.5 Å². The predicted molar refractivity (Wildman–Crippen MR) is 85.1 cm³/mol. The maximum absolute atomic E-state index is 12.3. The summed E-state index contributed by atoms with van der Waals surface area (Å²) in [5, 5.41) is 8.93. The summed E-state index contributed by atoms with van der Waals surface area (Å²) < 4.78 is 27.5. The van der Waals surface area contributed by atoms with Crippen LogP contribution in [0.5, 0.6) is 0 Å². The number of thiophene rings is 1. The molecule has 0 saturated carbocycles. The highest BCUT2D eigenvalue weighted by Gasteiger charge is 2.21. The van der Waals surface area contributed by atoms with E-state index in [1.165, 1.54) is 23.5 Å². The summed E-state index contributed by atoms with van der Waals surface area (Å²) in [6, 6.07) is 4.10. The SMILES string of the molecule is CCNCc1cc(S(=O)(=O)Nc2ccc(=O)[nH]n2)c(Br)s1. The van der Waals surface area contributed by atoms with E-state index >= 15 is 0 Å². The van der Waals surface area contributed by atoms with Crippen molar-refractivity contribution in [1.29, 1.82) is 0 Å². The van der Waals surface area contributed by atoms with E-state index in [2.05, 4.69) is 36.2 Å². The number of anilines is 1. The summed E-state index contributed by atoms with van der Waals surface area (Å²) in [4.78, 5) is 12.0. The van der Waals surface area contributed by atoms with Crippen LogP contribution in [0.15, 0.2) is 31.7 Å². The monoisotopic (exact) mass is 392 g/mol. The Bertz CT molecular complexity index is 765. The first-order valence-corrected chi connectivity index (χ1v) is 9.09. The molecule has 2 rings (SSSR count). The first-order chi connectivity index (χ1) is 9.92. The highest BCUT2D eigenvalue weighted by atomic mass is 79.9. The lowest BCUT2D eigenvalue weighted by Crippen LogP contribution is -2.16. The normalized spacial score (nSPS) is 11.5. The zero-order valence-electron chi connectivity index (χ0n) is 11.0. The molecular formula is C11H13BrN4O3S2. The topological polar surface area (TPSA) is 104 Å². The lowest BCUT2D eigenvalue weighted by Gasteiger charge is -2.05. The van der Waals surface area contributed by atoms with Gasteiger partial charge < -0.3 is 5.32 Å². The summed E-state index contributed by atoms with van der Waals surface area (Å²) in [7, 11) is -3.76. The van der Waals surface area contributed by atoms with Gasteiger partial charge in [-0.1, -0.05) is 6.92 Å². The van der Waals surface area contributed by atoms with Gasteiger partial charge in [-0.15, -0.1) is 11.3 Å². The molecule has 7 nitrogen and oxygen atoms in total. The van der Waals surface area contributed by atoms with Crippen molar-refractivity contribution in [3.8, 4) is 0 Å². The molecule has 0 aliphatic carbocycles. The van der Waals surface area contributed by atoms with Crippen LogP contribution in [0.25, 0.3) is 0 Å². The van der Waals surface area contributed by atoms with Crippen LogP contribution in [0, 0.1) is 0 Å². The Kier molecular flexibility index (Phi) is 5.14. The minimum atomic E-state index is -3.76. The third-order valence-corrected chi connectivity index (χ3v) is 6.07. The van der Waals surface area contributed by atoms with Crippen molar-refractivity contribution in [2.45, 2.75) is 18.4 Å². The Hall–Kier alpha value is -1.23. The summed E-state index contributed by atoms with van der Waals surface area (Å²) in [5.41, 5.74) is -0.400. The Morgan fingerprint density at radius 3 is 2.81 bits per heavy atom. The van der Waals surface area contributed by atoms with Gasteiger partial charge in [0.1, 0.15) is 4.90 Å². The summed E-state index contributed by atoms with van der Waals surface area (Å²) in [6.07, 6.45) is 0. The van der Waals surface area contributed by atoms with Gasteiger partial charge in [0.15, 0.2) is 5.82 Å². The van der Waals surface area contributed by atoms with Gasteiger partial charge in [-0.05, 0) is 34.6 Å². The van der Waals surface area contributed by atoms with Gasteiger partial charge >= 0.3 is 0 Å². The van der Waals surface area contributed by atoms with Gasteiger partial charge in [-0.25, -0.2) is 13.5 Å². The number of nitrogens with one attached hydrogen (secondary N) is 3. The fraction of sp³-hybridized carbons (Fsp3) is 0.273. The Balaban J connectivity index is 2.24. The van der Waals surface area contributed by atoms with Crippen molar-refractivity contribution in [3.63, 3.8) is 0 Å². The molecule has 0 spiro atoms. The number of nitrogens with zero attached hydrogens (tertiary/aromatic N) is 1. The number of hydrogen-bond acceptors (Lipinski definition) is 6. The van der Waals surface area contributed by atoms with E-state index in [1.54, 1.807) is 6.07 Å². The molecule has 0 aromatic carbocycles. The van der Waals surface area contributed by atoms with Crippen LogP contribution in [-0.2, 0) is 16.6 Å². The molecule has 0 unspecified atom stereocenters. The van der Waals surface area contributed by atoms with Crippen molar-refractivity contribution in [3.05, 3.63) is 37.2 Å². The van der Waals surface area contributed by atoms with E-state index in [1.807, 2.05) is 6.92 Å². The minimum absolute atomic E-state index is 0.0564. The highest BCUT2D eigenvalue weighted by Crippen LogP contribution is 2.32. The maximum Gasteiger partial charge on any atom is 0.265 e. The molecule has 0 bridgehead atoms. The molecule has 114 valence electrons. The average Bonchev–Trinajstić information content (AvgIpc) is 2.81. The number of halogens is 1. The van der Waals surface area contributed by atoms with Crippen LogP contribution in [-0.4, -0.2) is 25.2 Å². The van der Waals surface area contributed by atoms with Gasteiger partial charge in [-0.3, -0.25) is 9.52 Å². The van der Waals surface area contributed by atoms with Gasteiger partial charge in [0.2, 0.25) is 0 Å². The van der Waals surface area contributed by atoms with E-state index in [-0.39, 0.29) is 10.7 Å². The molecule has 0 aliphatic heterocycles. The number of aromatic amines is 1. The molecule has 21 heavy (non-hydrogen) atoms. The molecule has 0 radical (unpaired) electrons. The molecule has 2 aromatic rings. The molecule has 0 amide bonds. The van der Waals surface area contributed by atoms with Crippen molar-refractivity contribution < 1.29 is 8.42 Å². The van der Waals surface area contributed by atoms with E-state index in [0.29, 0.717) is 10.3 Å². The quantitative estimate of drug-likeness (QED) is 0.690. The van der Waals surface area contributed by atoms with Gasteiger partial charge in [-0.2, -0.15) is 5.10 Å². The lowest BCUT2D eigenvalue weighted by atomic mass is 10.4. The number of rotatable bonds is 6. The van der Waals surface area contributed by atoms with Gasteiger partial charge in [0.25, 0.3) is 15.6 Å². The third-order valence-electron chi connectivity index (χ3n) is 2.46. The first kappa shape index (κ1) is 16.1.